The summed E-state index contributed by atoms with van der Waals surface area (Å²) >= 11 is 0. The molecule has 2 aromatic carbocycles. The molecule has 0 aliphatic carbocycles. The zero-order valence-corrected chi connectivity index (χ0v) is 16.7. The molecule has 0 N–H and O–H groups in total. The lowest BCUT2D eigenvalue weighted by Gasteiger charge is -2.16. The summed E-state index contributed by atoms with van der Waals surface area (Å²) in [5.41, 5.74) is 2.47. The Kier molecular flexibility index (Phi) is 5.54. The van der Waals surface area contributed by atoms with Gasteiger partial charge in [0.15, 0.2) is 11.5 Å². The van der Waals surface area contributed by atoms with Gasteiger partial charge >= 0.3 is 5.97 Å². The highest BCUT2D eigenvalue weighted by atomic mass is 16.6. The molecule has 0 fully saturated rings. The van der Waals surface area contributed by atoms with Gasteiger partial charge in [-0.3, -0.25) is 4.79 Å². The van der Waals surface area contributed by atoms with Crippen LogP contribution in [0.25, 0.3) is 6.08 Å². The molecule has 0 saturated carbocycles. The van der Waals surface area contributed by atoms with Crippen LogP contribution in [0.15, 0.2) is 70.9 Å². The molecular formula is C24H18N2O5. The zero-order valence-electron chi connectivity index (χ0n) is 16.7. The van der Waals surface area contributed by atoms with Gasteiger partial charge in [0.2, 0.25) is 5.76 Å². The number of ether oxygens (including phenoxy) is 2. The van der Waals surface area contributed by atoms with Gasteiger partial charge in [-0.2, -0.15) is 5.26 Å². The van der Waals surface area contributed by atoms with E-state index in [-0.39, 0.29) is 28.7 Å². The second kappa shape index (κ2) is 8.59. The van der Waals surface area contributed by atoms with Gasteiger partial charge < -0.3 is 18.8 Å². The highest BCUT2D eigenvalue weighted by Crippen LogP contribution is 2.31. The molecule has 1 aromatic heterocycles. The minimum atomic E-state index is -0.660. The summed E-state index contributed by atoms with van der Waals surface area (Å²) in [4.78, 5) is 26.7. The molecule has 0 atom stereocenters. The second-order valence-corrected chi connectivity index (χ2v) is 6.78. The third kappa shape index (κ3) is 4.05. The van der Waals surface area contributed by atoms with Gasteiger partial charge in [0.25, 0.3) is 5.91 Å². The van der Waals surface area contributed by atoms with Crippen molar-refractivity contribution in [1.82, 2.24) is 0 Å². The quantitative estimate of drug-likeness (QED) is 0.271. The lowest BCUT2D eigenvalue weighted by atomic mass is 10.1. The molecule has 1 aliphatic rings. The van der Waals surface area contributed by atoms with Crippen molar-refractivity contribution in [1.29, 1.82) is 5.26 Å². The average molecular weight is 414 g/mol. The highest BCUT2D eigenvalue weighted by Gasteiger charge is 2.26. The number of hydrogen-bond acceptors (Lipinski definition) is 6. The number of methoxy groups -OCH3 is 1. The fourth-order valence-corrected chi connectivity index (χ4v) is 3.41. The van der Waals surface area contributed by atoms with Crippen molar-refractivity contribution in [3.8, 4) is 17.6 Å². The number of fused-ring (bicyclic) bond motifs is 1. The summed E-state index contributed by atoms with van der Waals surface area (Å²) in [5.74, 6) is -0.481. The Balaban J connectivity index is 1.57. The maximum atomic E-state index is 13.0. The fraction of sp³-hybridized carbons (Fsp3) is 0.125. The van der Waals surface area contributed by atoms with Gasteiger partial charge in [0.05, 0.1) is 13.4 Å². The van der Waals surface area contributed by atoms with Crippen molar-refractivity contribution in [2.75, 3.05) is 18.6 Å². The van der Waals surface area contributed by atoms with Crippen molar-refractivity contribution in [3.05, 3.63) is 83.3 Å². The number of anilines is 1. The van der Waals surface area contributed by atoms with Gasteiger partial charge in [-0.15, -0.1) is 0 Å². The zero-order chi connectivity index (χ0) is 21.8. The van der Waals surface area contributed by atoms with E-state index >= 15 is 0 Å². The molecule has 7 nitrogen and oxygen atoms in total. The molecule has 0 unspecified atom stereocenters. The van der Waals surface area contributed by atoms with Crippen molar-refractivity contribution in [3.63, 3.8) is 0 Å². The van der Waals surface area contributed by atoms with Crippen molar-refractivity contribution < 1.29 is 23.5 Å². The maximum absolute atomic E-state index is 13.0. The first kappa shape index (κ1) is 20.0. The van der Waals surface area contributed by atoms with E-state index in [4.69, 9.17) is 13.9 Å². The van der Waals surface area contributed by atoms with Gasteiger partial charge in [0.1, 0.15) is 11.6 Å². The first-order valence-electron chi connectivity index (χ1n) is 9.56. The molecule has 4 rings (SSSR count). The summed E-state index contributed by atoms with van der Waals surface area (Å²) in [6.45, 7) is 0.530. The first-order chi connectivity index (χ1) is 15.1. The molecule has 1 aliphatic heterocycles. The number of amides is 1. The van der Waals surface area contributed by atoms with Crippen molar-refractivity contribution in [2.45, 2.75) is 6.42 Å². The lowest BCUT2D eigenvalue weighted by molar-refractivity contribution is -0.114. The minimum absolute atomic E-state index is 0.000846. The molecular weight excluding hydrogens is 396 g/mol. The number of furan rings is 1. The number of rotatable bonds is 5. The molecule has 3 aromatic rings. The normalized spacial score (nSPS) is 12.8. The van der Waals surface area contributed by atoms with Crippen LogP contribution in [0, 0.1) is 11.3 Å². The van der Waals surface area contributed by atoms with Gasteiger partial charge in [-0.05, 0) is 54.0 Å². The van der Waals surface area contributed by atoms with Crippen molar-refractivity contribution >= 4 is 23.6 Å². The monoisotopic (exact) mass is 414 g/mol. The number of para-hydroxylation sites is 1. The summed E-state index contributed by atoms with van der Waals surface area (Å²) in [6, 6.07) is 17.5. The number of nitrogens with zero attached hydrogens (tertiary/aromatic N) is 2. The third-order valence-corrected chi connectivity index (χ3v) is 4.91. The molecule has 7 heteroatoms. The van der Waals surface area contributed by atoms with E-state index in [1.807, 2.05) is 30.3 Å². The summed E-state index contributed by atoms with van der Waals surface area (Å²) < 4.78 is 15.7. The summed E-state index contributed by atoms with van der Waals surface area (Å²) in [6.07, 6.45) is 3.62. The van der Waals surface area contributed by atoms with E-state index in [1.54, 1.807) is 23.1 Å². The Morgan fingerprint density at radius 3 is 2.71 bits per heavy atom. The Hall–Kier alpha value is -4.31. The first-order valence-corrected chi connectivity index (χ1v) is 9.56. The largest absolute Gasteiger partial charge is 0.493 e. The number of hydrogen-bond donors (Lipinski definition) is 0. The van der Waals surface area contributed by atoms with E-state index < -0.39 is 5.97 Å². The molecule has 0 saturated heterocycles. The standard InChI is InChI=1S/C24H18N2O5/c1-29-22-14-16(8-9-20(22)31-24(28)21-7-4-12-30-21)13-18(15-25)23(27)26-11-10-17-5-2-3-6-19(17)26/h2-9,12-14H,10-11H2,1H3/b18-13+. The van der Waals surface area contributed by atoms with Crippen LogP contribution in [0.5, 0.6) is 11.5 Å². The van der Waals surface area contributed by atoms with E-state index in [1.165, 1.54) is 31.6 Å². The molecule has 2 heterocycles. The number of nitriles is 1. The average Bonchev–Trinajstić information content (AvgIpc) is 3.48. The van der Waals surface area contributed by atoms with Crippen molar-refractivity contribution in [2.24, 2.45) is 0 Å². The molecule has 1 amide bonds. The summed E-state index contributed by atoms with van der Waals surface area (Å²) in [5, 5.41) is 9.59. The molecule has 154 valence electrons. The second-order valence-electron chi connectivity index (χ2n) is 6.78. The van der Waals surface area contributed by atoms with Crippen LogP contribution in [-0.2, 0) is 11.2 Å². The fourth-order valence-electron chi connectivity index (χ4n) is 3.41. The van der Waals surface area contributed by atoms with E-state index in [2.05, 4.69) is 0 Å². The SMILES string of the molecule is COc1cc(/C=C(\C#N)C(=O)N2CCc3ccccc32)ccc1OC(=O)c1ccco1. The van der Waals surface area contributed by atoms with Crippen LogP contribution >= 0.6 is 0 Å². The van der Waals surface area contributed by atoms with Crippen LogP contribution < -0.4 is 14.4 Å². The Bertz CT molecular complexity index is 1200. The highest BCUT2D eigenvalue weighted by molar-refractivity contribution is 6.12. The molecule has 0 bridgehead atoms. The Labute approximate surface area is 178 Å². The molecule has 0 spiro atoms. The Morgan fingerprint density at radius 2 is 1.97 bits per heavy atom. The van der Waals surface area contributed by atoms with E-state index in [0.29, 0.717) is 12.1 Å². The predicted octanol–water partition coefficient (Wildman–Crippen LogP) is 4.00. The maximum Gasteiger partial charge on any atom is 0.379 e. The van der Waals surface area contributed by atoms with Gasteiger partial charge in [-0.25, -0.2) is 4.79 Å². The van der Waals surface area contributed by atoms with E-state index in [0.717, 1.165) is 17.7 Å². The van der Waals surface area contributed by atoms with Crippen LogP contribution in [0.4, 0.5) is 5.69 Å². The number of benzene rings is 2. The minimum Gasteiger partial charge on any atom is -0.493 e. The molecule has 0 radical (unpaired) electrons. The Morgan fingerprint density at radius 1 is 1.13 bits per heavy atom. The smallest absolute Gasteiger partial charge is 0.379 e. The number of carbonyl (C=O) groups is 2. The van der Waals surface area contributed by atoms with Crippen LogP contribution in [0.1, 0.15) is 21.7 Å². The topological polar surface area (TPSA) is 92.8 Å². The van der Waals surface area contributed by atoms with Gasteiger partial charge in [-0.1, -0.05) is 24.3 Å². The lowest BCUT2D eigenvalue weighted by Crippen LogP contribution is -2.29. The summed E-state index contributed by atoms with van der Waals surface area (Å²) in [7, 11) is 1.44. The van der Waals surface area contributed by atoms with Gasteiger partial charge in [0, 0.05) is 12.2 Å². The van der Waals surface area contributed by atoms with Crippen LogP contribution in [-0.4, -0.2) is 25.5 Å². The predicted molar refractivity (Wildman–Crippen MR) is 113 cm³/mol. The number of esters is 1. The van der Waals surface area contributed by atoms with Crippen LogP contribution in [0.3, 0.4) is 0 Å². The number of carbonyl (C=O) groups excluding carboxylic acids is 2. The molecule has 31 heavy (non-hydrogen) atoms. The van der Waals surface area contributed by atoms with Crippen LogP contribution in [0.2, 0.25) is 0 Å². The third-order valence-electron chi connectivity index (χ3n) is 4.91. The van der Waals surface area contributed by atoms with E-state index in [9.17, 15) is 14.9 Å².